The van der Waals surface area contributed by atoms with E-state index in [9.17, 15) is 0 Å². The third kappa shape index (κ3) is 3.14. The van der Waals surface area contributed by atoms with Crippen molar-refractivity contribution < 1.29 is 0 Å². The first kappa shape index (κ1) is 12.7. The smallest absolute Gasteiger partial charge is 0.0658 e. The molecule has 2 unspecified atom stereocenters. The van der Waals surface area contributed by atoms with Gasteiger partial charge in [-0.05, 0) is 57.0 Å². The molecule has 0 bridgehead atoms. The highest BCUT2D eigenvalue weighted by molar-refractivity contribution is 8.00. The third-order valence-corrected chi connectivity index (χ3v) is 5.68. The van der Waals surface area contributed by atoms with E-state index in [4.69, 9.17) is 0 Å². The highest BCUT2D eigenvalue weighted by Crippen LogP contribution is 2.37. The van der Waals surface area contributed by atoms with Gasteiger partial charge in [0.2, 0.25) is 0 Å². The molecule has 1 spiro atoms. The van der Waals surface area contributed by atoms with Gasteiger partial charge in [0.25, 0.3) is 0 Å². The summed E-state index contributed by atoms with van der Waals surface area (Å²) in [6.45, 7) is 9.76. The van der Waals surface area contributed by atoms with Crippen LogP contribution in [0.25, 0.3) is 0 Å². The van der Waals surface area contributed by atoms with Crippen LogP contribution in [-0.2, 0) is 0 Å². The van der Waals surface area contributed by atoms with E-state index in [1.54, 1.807) is 0 Å². The maximum absolute atomic E-state index is 3.82. The second-order valence-electron chi connectivity index (χ2n) is 5.49. The van der Waals surface area contributed by atoms with Crippen molar-refractivity contribution in [2.24, 2.45) is 5.92 Å². The topological polar surface area (TPSA) is 15.3 Å². The summed E-state index contributed by atoms with van der Waals surface area (Å²) in [5, 5.41) is 3.82. The Morgan fingerprint density at radius 1 is 1.38 bits per heavy atom. The molecule has 2 saturated heterocycles. The molecule has 3 heteroatoms. The van der Waals surface area contributed by atoms with Crippen molar-refractivity contribution >= 4 is 11.8 Å². The van der Waals surface area contributed by atoms with Crippen molar-refractivity contribution in [2.75, 3.05) is 31.9 Å². The van der Waals surface area contributed by atoms with Gasteiger partial charge >= 0.3 is 0 Å². The number of rotatable bonds is 2. The van der Waals surface area contributed by atoms with Crippen LogP contribution in [0.2, 0.25) is 0 Å². The molecule has 0 aromatic rings. The highest BCUT2D eigenvalue weighted by Gasteiger charge is 2.35. The van der Waals surface area contributed by atoms with Crippen molar-refractivity contribution in [2.45, 2.75) is 44.4 Å². The van der Waals surface area contributed by atoms with E-state index >= 15 is 0 Å². The SMILES string of the molecule is CCCN1CCCC2(CC1)NCC(C)CS2. The summed E-state index contributed by atoms with van der Waals surface area (Å²) < 4.78 is 0. The average Bonchev–Trinajstić information content (AvgIpc) is 2.48. The van der Waals surface area contributed by atoms with Crippen LogP contribution < -0.4 is 5.32 Å². The molecule has 0 saturated carbocycles. The number of hydrogen-bond donors (Lipinski definition) is 1. The molecule has 2 heterocycles. The van der Waals surface area contributed by atoms with Crippen molar-refractivity contribution in [1.82, 2.24) is 10.2 Å². The van der Waals surface area contributed by atoms with Crippen LogP contribution in [0.4, 0.5) is 0 Å². The van der Waals surface area contributed by atoms with Crippen LogP contribution in [0.5, 0.6) is 0 Å². The molecule has 2 rings (SSSR count). The minimum absolute atomic E-state index is 0.426. The lowest BCUT2D eigenvalue weighted by molar-refractivity contribution is 0.278. The first-order valence-electron chi connectivity index (χ1n) is 6.85. The second-order valence-corrected chi connectivity index (χ2v) is 6.89. The zero-order valence-corrected chi connectivity index (χ0v) is 11.6. The van der Waals surface area contributed by atoms with Gasteiger partial charge in [-0.3, -0.25) is 0 Å². The Morgan fingerprint density at radius 2 is 2.25 bits per heavy atom. The lowest BCUT2D eigenvalue weighted by Crippen LogP contribution is -2.49. The molecular weight excluding hydrogens is 216 g/mol. The molecule has 0 amide bonds. The number of hydrogen-bond acceptors (Lipinski definition) is 3. The fourth-order valence-corrected chi connectivity index (χ4v) is 4.23. The van der Waals surface area contributed by atoms with Crippen LogP contribution >= 0.6 is 11.8 Å². The Labute approximate surface area is 105 Å². The molecular formula is C13H26N2S. The fourth-order valence-electron chi connectivity index (χ4n) is 2.80. The van der Waals surface area contributed by atoms with Gasteiger partial charge in [0.05, 0.1) is 4.87 Å². The highest BCUT2D eigenvalue weighted by atomic mass is 32.2. The molecule has 2 nitrogen and oxygen atoms in total. The maximum Gasteiger partial charge on any atom is 0.0658 e. The van der Waals surface area contributed by atoms with Gasteiger partial charge in [0.15, 0.2) is 0 Å². The monoisotopic (exact) mass is 242 g/mol. The molecule has 2 atom stereocenters. The van der Waals surface area contributed by atoms with Gasteiger partial charge in [0.1, 0.15) is 0 Å². The Kier molecular flexibility index (Phi) is 4.57. The molecule has 0 aromatic carbocycles. The first-order chi connectivity index (χ1) is 7.74. The van der Waals surface area contributed by atoms with Crippen molar-refractivity contribution in [3.8, 4) is 0 Å². The molecule has 0 radical (unpaired) electrons. The molecule has 1 N–H and O–H groups in total. The van der Waals surface area contributed by atoms with E-state index in [2.05, 4.69) is 35.8 Å². The van der Waals surface area contributed by atoms with Gasteiger partial charge in [-0.1, -0.05) is 13.8 Å². The lowest BCUT2D eigenvalue weighted by atomic mass is 10.1. The van der Waals surface area contributed by atoms with Crippen molar-refractivity contribution in [3.63, 3.8) is 0 Å². The van der Waals surface area contributed by atoms with E-state index in [0.29, 0.717) is 4.87 Å². The van der Waals surface area contributed by atoms with E-state index < -0.39 is 0 Å². The van der Waals surface area contributed by atoms with Gasteiger partial charge < -0.3 is 10.2 Å². The molecule has 94 valence electrons. The van der Waals surface area contributed by atoms with E-state index in [1.165, 1.54) is 57.6 Å². The first-order valence-corrected chi connectivity index (χ1v) is 7.84. The fraction of sp³-hybridized carbons (Fsp3) is 1.00. The summed E-state index contributed by atoms with van der Waals surface area (Å²) in [6.07, 6.45) is 5.37. The van der Waals surface area contributed by atoms with E-state index in [-0.39, 0.29) is 0 Å². The quantitative estimate of drug-likeness (QED) is 0.801. The molecule has 2 aliphatic rings. The Balaban J connectivity index is 1.87. The number of thioether (sulfide) groups is 1. The molecule has 2 aliphatic heterocycles. The number of likely N-dealkylation sites (tertiary alicyclic amines) is 1. The molecule has 16 heavy (non-hydrogen) atoms. The van der Waals surface area contributed by atoms with Crippen LogP contribution in [0.3, 0.4) is 0 Å². The predicted octanol–water partition coefficient (Wildman–Crippen LogP) is 2.55. The molecule has 0 aliphatic carbocycles. The average molecular weight is 242 g/mol. The summed E-state index contributed by atoms with van der Waals surface area (Å²) in [5.74, 6) is 2.20. The Bertz CT molecular complexity index is 212. The van der Waals surface area contributed by atoms with Gasteiger partial charge in [-0.15, -0.1) is 11.8 Å². The maximum atomic E-state index is 3.82. The summed E-state index contributed by atoms with van der Waals surface area (Å²) >= 11 is 2.19. The second kappa shape index (κ2) is 5.74. The normalized spacial score (nSPS) is 37.5. The zero-order valence-electron chi connectivity index (χ0n) is 10.8. The van der Waals surface area contributed by atoms with Crippen LogP contribution in [0.1, 0.15) is 39.5 Å². The Morgan fingerprint density at radius 3 is 2.94 bits per heavy atom. The Hall–Kier alpha value is 0.270. The summed E-state index contributed by atoms with van der Waals surface area (Å²) in [4.78, 5) is 3.07. The summed E-state index contributed by atoms with van der Waals surface area (Å²) in [5.41, 5.74) is 0. The van der Waals surface area contributed by atoms with Gasteiger partial charge in [-0.2, -0.15) is 0 Å². The predicted molar refractivity (Wildman–Crippen MR) is 72.9 cm³/mol. The standard InChI is InChI=1S/C13H26N2S/c1-3-7-15-8-4-5-13(6-9-15)14-10-12(2)11-16-13/h12,14H,3-11H2,1-2H3. The van der Waals surface area contributed by atoms with E-state index in [0.717, 1.165) is 5.92 Å². The van der Waals surface area contributed by atoms with Crippen molar-refractivity contribution in [1.29, 1.82) is 0 Å². The number of nitrogens with zero attached hydrogens (tertiary/aromatic N) is 1. The largest absolute Gasteiger partial charge is 0.303 e. The van der Waals surface area contributed by atoms with Crippen molar-refractivity contribution in [3.05, 3.63) is 0 Å². The molecule has 0 aromatic heterocycles. The van der Waals surface area contributed by atoms with Gasteiger partial charge in [0, 0.05) is 6.54 Å². The minimum Gasteiger partial charge on any atom is -0.303 e. The zero-order chi connectivity index (χ0) is 11.4. The molecule has 2 fully saturated rings. The van der Waals surface area contributed by atoms with Crippen LogP contribution in [0, 0.1) is 5.92 Å². The summed E-state index contributed by atoms with van der Waals surface area (Å²) in [6, 6.07) is 0. The number of nitrogens with one attached hydrogen (secondary N) is 1. The van der Waals surface area contributed by atoms with E-state index in [1.807, 2.05) is 0 Å². The van der Waals surface area contributed by atoms with Crippen LogP contribution in [0.15, 0.2) is 0 Å². The summed E-state index contributed by atoms with van der Waals surface area (Å²) in [7, 11) is 0. The van der Waals surface area contributed by atoms with Gasteiger partial charge in [-0.25, -0.2) is 0 Å². The lowest BCUT2D eigenvalue weighted by Gasteiger charge is -2.39. The van der Waals surface area contributed by atoms with Crippen LogP contribution in [-0.4, -0.2) is 41.7 Å². The third-order valence-electron chi connectivity index (χ3n) is 3.84. The minimum atomic E-state index is 0.426.